The molecule has 2 aromatic carbocycles. The minimum Gasteiger partial charge on any atom is -0.436 e. The molecule has 0 atom stereocenters. The highest BCUT2D eigenvalue weighted by Gasteiger charge is 2.15. The summed E-state index contributed by atoms with van der Waals surface area (Å²) < 4.78 is 20.0. The van der Waals surface area contributed by atoms with E-state index >= 15 is 0 Å². The molecule has 0 amide bonds. The monoisotopic (exact) mass is 384 g/mol. The van der Waals surface area contributed by atoms with Crippen molar-refractivity contribution in [1.29, 1.82) is 0 Å². The molecule has 0 spiro atoms. The van der Waals surface area contributed by atoms with Crippen LogP contribution in [0.4, 0.5) is 10.1 Å². The summed E-state index contributed by atoms with van der Waals surface area (Å²) in [4.78, 5) is 4.38. The number of benzene rings is 2. The predicted molar refractivity (Wildman–Crippen MR) is 79.2 cm³/mol. The Balaban J connectivity index is 2.22. The van der Waals surface area contributed by atoms with E-state index in [0.717, 1.165) is 4.47 Å². The number of rotatable bonds is 1. The summed E-state index contributed by atoms with van der Waals surface area (Å²) in [5.74, 6) is 0.126. The zero-order valence-corrected chi connectivity index (χ0v) is 12.6. The fourth-order valence-corrected chi connectivity index (χ4v) is 2.90. The van der Waals surface area contributed by atoms with Gasteiger partial charge in [0.05, 0.1) is 10.2 Å². The van der Waals surface area contributed by atoms with Gasteiger partial charge in [0.15, 0.2) is 5.58 Å². The third-order valence-electron chi connectivity index (χ3n) is 2.70. The fourth-order valence-electron chi connectivity index (χ4n) is 1.73. The minimum absolute atomic E-state index is 0.298. The van der Waals surface area contributed by atoms with Crippen LogP contribution in [0.25, 0.3) is 22.6 Å². The number of hydrogen-bond donors (Lipinski definition) is 1. The number of fused-ring (bicyclic) bond motifs is 1. The van der Waals surface area contributed by atoms with Gasteiger partial charge in [0.25, 0.3) is 0 Å². The first kappa shape index (κ1) is 12.6. The van der Waals surface area contributed by atoms with E-state index in [1.165, 1.54) is 12.1 Å². The van der Waals surface area contributed by atoms with Gasteiger partial charge in [-0.2, -0.15) is 0 Å². The zero-order chi connectivity index (χ0) is 13.6. The first-order valence-corrected chi connectivity index (χ1v) is 6.95. The Hall–Kier alpha value is -1.40. The van der Waals surface area contributed by atoms with Crippen molar-refractivity contribution in [3.63, 3.8) is 0 Å². The van der Waals surface area contributed by atoms with Gasteiger partial charge < -0.3 is 10.2 Å². The third-order valence-corrected chi connectivity index (χ3v) is 4.16. The molecule has 3 aromatic rings. The number of aromatic nitrogens is 1. The average molecular weight is 386 g/mol. The number of halogens is 3. The van der Waals surface area contributed by atoms with Crippen molar-refractivity contribution in [1.82, 2.24) is 4.98 Å². The maximum atomic E-state index is 12.9. The van der Waals surface area contributed by atoms with Crippen LogP contribution in [0.5, 0.6) is 0 Å². The molecule has 0 aliphatic rings. The molecule has 0 fully saturated rings. The molecule has 3 rings (SSSR count). The summed E-state index contributed by atoms with van der Waals surface area (Å²) in [6.45, 7) is 0. The second-order valence-corrected chi connectivity index (χ2v) is 5.61. The van der Waals surface area contributed by atoms with Gasteiger partial charge in [-0.25, -0.2) is 9.37 Å². The predicted octanol–water partition coefficient (Wildman–Crippen LogP) is 4.74. The van der Waals surface area contributed by atoms with Crippen molar-refractivity contribution in [2.75, 3.05) is 5.73 Å². The van der Waals surface area contributed by atoms with E-state index in [0.29, 0.717) is 32.7 Å². The van der Waals surface area contributed by atoms with E-state index in [4.69, 9.17) is 10.2 Å². The zero-order valence-electron chi connectivity index (χ0n) is 9.45. The van der Waals surface area contributed by atoms with Crippen LogP contribution in [-0.2, 0) is 0 Å². The molecule has 1 aromatic heterocycles. The fraction of sp³-hybridized carbons (Fsp3) is 0. The van der Waals surface area contributed by atoms with E-state index in [1.54, 1.807) is 18.2 Å². The van der Waals surface area contributed by atoms with Gasteiger partial charge in [-0.1, -0.05) is 0 Å². The molecule has 6 heteroatoms. The van der Waals surface area contributed by atoms with Crippen molar-refractivity contribution < 1.29 is 8.81 Å². The summed E-state index contributed by atoms with van der Waals surface area (Å²) in [5, 5.41) is 0. The normalized spacial score (nSPS) is 11.1. The van der Waals surface area contributed by atoms with Crippen molar-refractivity contribution >= 4 is 48.6 Å². The van der Waals surface area contributed by atoms with Crippen LogP contribution in [0.2, 0.25) is 0 Å². The minimum atomic E-state index is -0.298. The molecule has 0 saturated heterocycles. The molecule has 3 nitrogen and oxygen atoms in total. The van der Waals surface area contributed by atoms with Gasteiger partial charge in [-0.05, 0) is 62.2 Å². The lowest BCUT2D eigenvalue weighted by Crippen LogP contribution is -1.88. The highest BCUT2D eigenvalue weighted by molar-refractivity contribution is 9.11. The van der Waals surface area contributed by atoms with Crippen molar-refractivity contribution in [3.05, 3.63) is 45.1 Å². The van der Waals surface area contributed by atoms with Crippen LogP contribution in [0.3, 0.4) is 0 Å². The lowest BCUT2D eigenvalue weighted by molar-refractivity contribution is 0.616. The molecule has 2 N–H and O–H groups in total. The molecule has 0 aliphatic heterocycles. The van der Waals surface area contributed by atoms with E-state index < -0.39 is 0 Å². The second kappa shape index (κ2) is 4.61. The Morgan fingerprint density at radius 2 is 1.84 bits per heavy atom. The van der Waals surface area contributed by atoms with Crippen LogP contribution in [-0.4, -0.2) is 4.98 Å². The van der Waals surface area contributed by atoms with Crippen LogP contribution in [0, 0.1) is 5.82 Å². The number of nitrogens with two attached hydrogens (primary N) is 1. The highest BCUT2D eigenvalue weighted by Crippen LogP contribution is 2.37. The lowest BCUT2D eigenvalue weighted by Gasteiger charge is -1.99. The smallest absolute Gasteiger partial charge is 0.227 e. The van der Waals surface area contributed by atoms with Gasteiger partial charge in [0.1, 0.15) is 11.3 Å². The summed E-state index contributed by atoms with van der Waals surface area (Å²) in [6, 6.07) is 7.72. The molecule has 19 heavy (non-hydrogen) atoms. The number of hydrogen-bond acceptors (Lipinski definition) is 3. The molecular formula is C13H7Br2FN2O. The molecule has 0 unspecified atom stereocenters. The molecule has 96 valence electrons. The maximum Gasteiger partial charge on any atom is 0.227 e. The Labute approximate surface area is 124 Å². The summed E-state index contributed by atoms with van der Waals surface area (Å²) >= 11 is 6.74. The number of nitrogen functional groups attached to an aromatic ring is 1. The van der Waals surface area contributed by atoms with Crippen molar-refractivity contribution in [3.8, 4) is 11.5 Å². The SMILES string of the molecule is Nc1c(Br)cc2oc(-c3ccc(F)cc3)nc2c1Br. The van der Waals surface area contributed by atoms with E-state index in [1.807, 2.05) is 0 Å². The lowest BCUT2D eigenvalue weighted by atomic mass is 10.2. The van der Waals surface area contributed by atoms with Gasteiger partial charge in [-0.3, -0.25) is 0 Å². The number of anilines is 1. The van der Waals surface area contributed by atoms with E-state index in [-0.39, 0.29) is 5.82 Å². The number of nitrogens with zero attached hydrogens (tertiary/aromatic N) is 1. The van der Waals surface area contributed by atoms with Crippen LogP contribution in [0.1, 0.15) is 0 Å². The van der Waals surface area contributed by atoms with Crippen molar-refractivity contribution in [2.45, 2.75) is 0 Å². The van der Waals surface area contributed by atoms with Gasteiger partial charge in [0.2, 0.25) is 5.89 Å². The second-order valence-electron chi connectivity index (χ2n) is 3.96. The summed E-state index contributed by atoms with van der Waals surface area (Å²) in [5.41, 5.74) is 8.40. The van der Waals surface area contributed by atoms with Crippen molar-refractivity contribution in [2.24, 2.45) is 0 Å². The average Bonchev–Trinajstić information content (AvgIpc) is 2.81. The van der Waals surface area contributed by atoms with Gasteiger partial charge in [-0.15, -0.1) is 0 Å². The third kappa shape index (κ3) is 2.15. The summed E-state index contributed by atoms with van der Waals surface area (Å²) in [7, 11) is 0. The Morgan fingerprint density at radius 1 is 1.16 bits per heavy atom. The Morgan fingerprint density at radius 3 is 2.53 bits per heavy atom. The molecule has 1 heterocycles. The number of oxazole rings is 1. The van der Waals surface area contributed by atoms with Crippen LogP contribution < -0.4 is 5.73 Å². The Bertz CT molecular complexity index is 768. The topological polar surface area (TPSA) is 52.0 Å². The molecule has 0 saturated carbocycles. The summed E-state index contributed by atoms with van der Waals surface area (Å²) in [6.07, 6.45) is 0. The molecule has 0 aliphatic carbocycles. The van der Waals surface area contributed by atoms with Gasteiger partial charge >= 0.3 is 0 Å². The highest BCUT2D eigenvalue weighted by atomic mass is 79.9. The maximum absolute atomic E-state index is 12.9. The van der Waals surface area contributed by atoms with Crippen LogP contribution in [0.15, 0.2) is 43.7 Å². The molecule has 0 radical (unpaired) electrons. The van der Waals surface area contributed by atoms with E-state index in [9.17, 15) is 4.39 Å². The van der Waals surface area contributed by atoms with Crippen LogP contribution >= 0.6 is 31.9 Å². The van der Waals surface area contributed by atoms with E-state index in [2.05, 4.69) is 36.8 Å². The Kier molecular flexibility index (Phi) is 3.06. The largest absolute Gasteiger partial charge is 0.436 e. The molecular weight excluding hydrogens is 379 g/mol. The van der Waals surface area contributed by atoms with Gasteiger partial charge in [0, 0.05) is 10.0 Å². The standard InChI is InChI=1S/C13H7Br2FN2O/c14-8-5-9-12(10(15)11(8)17)18-13(19-9)6-1-3-7(16)4-2-6/h1-5H,17H2. The first-order chi connectivity index (χ1) is 9.06. The first-order valence-electron chi connectivity index (χ1n) is 5.36. The quantitative estimate of drug-likeness (QED) is 0.615. The molecule has 0 bridgehead atoms.